The van der Waals surface area contributed by atoms with Crippen molar-refractivity contribution in [3.63, 3.8) is 0 Å². The van der Waals surface area contributed by atoms with Crippen LogP contribution in [0.15, 0.2) is 42.5 Å². The Kier molecular flexibility index (Phi) is 5.51. The van der Waals surface area contributed by atoms with E-state index in [1.165, 1.54) is 12.7 Å². The first kappa shape index (κ1) is 17.2. The van der Waals surface area contributed by atoms with Crippen LogP contribution in [-0.4, -0.2) is 39.4 Å². The third-order valence-corrected chi connectivity index (χ3v) is 4.36. The van der Waals surface area contributed by atoms with Crippen LogP contribution in [0.1, 0.15) is 27.0 Å². The fraction of sp³-hybridized carbons (Fsp3) is 0.286. The molecule has 1 fully saturated rings. The van der Waals surface area contributed by atoms with E-state index in [2.05, 4.69) is 36.1 Å². The molecule has 4 nitrogen and oxygen atoms in total. The van der Waals surface area contributed by atoms with Crippen molar-refractivity contribution in [1.82, 2.24) is 0 Å². The van der Waals surface area contributed by atoms with E-state index < -0.39 is 0 Å². The standard InChI is InChI=1S/C21H23NO3/c1-16-6-8-17(9-7-16)10-11-18-19(21(23)24-2)4-3-5-20(18)22-12-14-25-15-13-22/h3-11H,12-15H2,1-2H3. The largest absolute Gasteiger partial charge is 0.465 e. The molecule has 2 aromatic rings. The Bertz CT molecular complexity index is 759. The normalized spacial score (nSPS) is 14.7. The molecule has 1 aliphatic rings. The Hall–Kier alpha value is -2.59. The molecule has 25 heavy (non-hydrogen) atoms. The van der Waals surface area contributed by atoms with Gasteiger partial charge in [-0.2, -0.15) is 0 Å². The van der Waals surface area contributed by atoms with Crippen LogP contribution in [0.5, 0.6) is 0 Å². The van der Waals surface area contributed by atoms with E-state index in [1.807, 2.05) is 30.4 Å². The molecule has 0 amide bonds. The number of benzene rings is 2. The summed E-state index contributed by atoms with van der Waals surface area (Å²) in [6.45, 7) is 5.09. The number of aryl methyl sites for hydroxylation is 1. The van der Waals surface area contributed by atoms with Gasteiger partial charge in [-0.25, -0.2) is 4.79 Å². The monoisotopic (exact) mass is 337 g/mol. The van der Waals surface area contributed by atoms with Gasteiger partial charge in [-0.15, -0.1) is 0 Å². The number of anilines is 1. The summed E-state index contributed by atoms with van der Waals surface area (Å²) in [7, 11) is 1.41. The topological polar surface area (TPSA) is 38.8 Å². The lowest BCUT2D eigenvalue weighted by Crippen LogP contribution is -2.36. The van der Waals surface area contributed by atoms with Crippen molar-refractivity contribution in [2.45, 2.75) is 6.92 Å². The van der Waals surface area contributed by atoms with Crippen molar-refractivity contribution in [3.05, 3.63) is 64.7 Å². The Morgan fingerprint density at radius 3 is 2.48 bits per heavy atom. The molecule has 0 saturated carbocycles. The van der Waals surface area contributed by atoms with Gasteiger partial charge in [-0.3, -0.25) is 0 Å². The number of methoxy groups -OCH3 is 1. The van der Waals surface area contributed by atoms with Crippen molar-refractivity contribution in [2.24, 2.45) is 0 Å². The van der Waals surface area contributed by atoms with Gasteiger partial charge in [0.1, 0.15) is 0 Å². The van der Waals surface area contributed by atoms with E-state index in [1.54, 1.807) is 0 Å². The molecule has 0 aliphatic carbocycles. The minimum atomic E-state index is -0.321. The van der Waals surface area contributed by atoms with E-state index in [9.17, 15) is 4.79 Å². The second kappa shape index (κ2) is 7.99. The molecule has 4 heteroatoms. The van der Waals surface area contributed by atoms with Gasteiger partial charge < -0.3 is 14.4 Å². The maximum Gasteiger partial charge on any atom is 0.338 e. The van der Waals surface area contributed by atoms with Gasteiger partial charge in [0.2, 0.25) is 0 Å². The van der Waals surface area contributed by atoms with Crippen LogP contribution in [0.3, 0.4) is 0 Å². The Labute approximate surface area is 148 Å². The first-order chi connectivity index (χ1) is 12.2. The summed E-state index contributed by atoms with van der Waals surface area (Å²) < 4.78 is 10.4. The minimum Gasteiger partial charge on any atom is -0.465 e. The maximum absolute atomic E-state index is 12.2. The molecule has 0 N–H and O–H groups in total. The Morgan fingerprint density at radius 2 is 1.80 bits per heavy atom. The van der Waals surface area contributed by atoms with Gasteiger partial charge in [0, 0.05) is 24.3 Å². The average molecular weight is 337 g/mol. The predicted molar refractivity (Wildman–Crippen MR) is 101 cm³/mol. The molecule has 1 saturated heterocycles. The highest BCUT2D eigenvalue weighted by molar-refractivity contribution is 5.97. The summed E-state index contributed by atoms with van der Waals surface area (Å²) in [5, 5.41) is 0. The second-order valence-corrected chi connectivity index (χ2v) is 6.07. The summed E-state index contributed by atoms with van der Waals surface area (Å²) >= 11 is 0. The number of morpholine rings is 1. The first-order valence-electron chi connectivity index (χ1n) is 8.48. The number of hydrogen-bond donors (Lipinski definition) is 0. The molecule has 130 valence electrons. The zero-order valence-corrected chi connectivity index (χ0v) is 14.7. The Balaban J connectivity index is 2.00. The lowest BCUT2D eigenvalue weighted by Gasteiger charge is -2.30. The maximum atomic E-state index is 12.2. The van der Waals surface area contributed by atoms with Crippen molar-refractivity contribution in [2.75, 3.05) is 38.3 Å². The van der Waals surface area contributed by atoms with E-state index in [-0.39, 0.29) is 5.97 Å². The van der Waals surface area contributed by atoms with E-state index in [0.29, 0.717) is 18.8 Å². The zero-order valence-electron chi connectivity index (χ0n) is 14.7. The lowest BCUT2D eigenvalue weighted by molar-refractivity contribution is 0.0600. The molecule has 2 aromatic carbocycles. The molecule has 0 unspecified atom stereocenters. The molecule has 3 rings (SSSR count). The predicted octanol–water partition coefficient (Wildman–Crippen LogP) is 3.79. The number of rotatable bonds is 4. The van der Waals surface area contributed by atoms with Gasteiger partial charge in [0.05, 0.1) is 25.9 Å². The Morgan fingerprint density at radius 1 is 1.08 bits per heavy atom. The average Bonchev–Trinajstić information content (AvgIpc) is 2.67. The third-order valence-electron chi connectivity index (χ3n) is 4.36. The quantitative estimate of drug-likeness (QED) is 0.628. The summed E-state index contributed by atoms with van der Waals surface area (Å²) in [5.74, 6) is -0.321. The summed E-state index contributed by atoms with van der Waals surface area (Å²) in [5.41, 5.74) is 4.82. The van der Waals surface area contributed by atoms with Crippen molar-refractivity contribution >= 4 is 23.8 Å². The van der Waals surface area contributed by atoms with Crippen LogP contribution in [0, 0.1) is 6.92 Å². The summed E-state index contributed by atoms with van der Waals surface area (Å²) in [4.78, 5) is 14.5. The zero-order chi connectivity index (χ0) is 17.6. The molecular weight excluding hydrogens is 314 g/mol. The number of carbonyl (C=O) groups excluding carboxylic acids is 1. The molecule has 1 heterocycles. The molecule has 0 aromatic heterocycles. The SMILES string of the molecule is COC(=O)c1cccc(N2CCOCC2)c1C=Cc1ccc(C)cc1. The smallest absolute Gasteiger partial charge is 0.338 e. The number of hydrogen-bond acceptors (Lipinski definition) is 4. The highest BCUT2D eigenvalue weighted by Crippen LogP contribution is 2.28. The van der Waals surface area contributed by atoms with E-state index >= 15 is 0 Å². The lowest BCUT2D eigenvalue weighted by atomic mass is 10.0. The van der Waals surface area contributed by atoms with Gasteiger partial charge in [0.15, 0.2) is 0 Å². The van der Waals surface area contributed by atoms with Gasteiger partial charge in [-0.05, 0) is 24.6 Å². The fourth-order valence-corrected chi connectivity index (χ4v) is 2.95. The van der Waals surface area contributed by atoms with E-state index in [4.69, 9.17) is 9.47 Å². The number of carbonyl (C=O) groups is 1. The molecule has 0 atom stereocenters. The van der Waals surface area contributed by atoms with Crippen LogP contribution in [0.2, 0.25) is 0 Å². The van der Waals surface area contributed by atoms with Gasteiger partial charge >= 0.3 is 5.97 Å². The van der Waals surface area contributed by atoms with Crippen LogP contribution >= 0.6 is 0 Å². The van der Waals surface area contributed by atoms with Crippen molar-refractivity contribution < 1.29 is 14.3 Å². The molecule has 0 radical (unpaired) electrons. The number of esters is 1. The summed E-state index contributed by atoms with van der Waals surface area (Å²) in [6, 6.07) is 14.1. The molecule has 0 bridgehead atoms. The highest BCUT2D eigenvalue weighted by Gasteiger charge is 2.19. The molecular formula is C21H23NO3. The van der Waals surface area contributed by atoms with Crippen molar-refractivity contribution in [3.8, 4) is 0 Å². The van der Waals surface area contributed by atoms with Crippen LogP contribution in [0.25, 0.3) is 12.2 Å². The minimum absolute atomic E-state index is 0.321. The van der Waals surface area contributed by atoms with Gasteiger partial charge in [-0.1, -0.05) is 48.0 Å². The highest BCUT2D eigenvalue weighted by atomic mass is 16.5. The molecule has 1 aliphatic heterocycles. The first-order valence-corrected chi connectivity index (χ1v) is 8.48. The number of nitrogens with zero attached hydrogens (tertiary/aromatic N) is 1. The fourth-order valence-electron chi connectivity index (χ4n) is 2.95. The third kappa shape index (κ3) is 4.09. The second-order valence-electron chi connectivity index (χ2n) is 6.07. The summed E-state index contributed by atoms with van der Waals surface area (Å²) in [6.07, 6.45) is 4.03. The molecule has 0 spiro atoms. The van der Waals surface area contributed by atoms with E-state index in [0.717, 1.165) is 29.9 Å². The van der Waals surface area contributed by atoms with Crippen molar-refractivity contribution in [1.29, 1.82) is 0 Å². The van der Waals surface area contributed by atoms with Crippen LogP contribution < -0.4 is 4.90 Å². The van der Waals surface area contributed by atoms with Gasteiger partial charge in [0.25, 0.3) is 0 Å². The van der Waals surface area contributed by atoms with Crippen LogP contribution in [0.4, 0.5) is 5.69 Å². The number of ether oxygens (including phenoxy) is 2. The van der Waals surface area contributed by atoms with Crippen LogP contribution in [-0.2, 0) is 9.47 Å².